The Bertz CT molecular complexity index is 747. The van der Waals surface area contributed by atoms with Crippen molar-refractivity contribution in [3.05, 3.63) is 53.6 Å². The fourth-order valence-corrected chi connectivity index (χ4v) is 2.20. The van der Waals surface area contributed by atoms with E-state index in [0.29, 0.717) is 29.2 Å². The number of nitrogens with zero attached hydrogens (tertiary/aromatic N) is 1. The number of Topliss-reactive ketones (excluding diaryl/α,β-unsaturated/α-hetero) is 1. The number of carbonyl (C=O) groups excluding carboxylic acids is 1. The summed E-state index contributed by atoms with van der Waals surface area (Å²) in [6.07, 6.45) is -0.690. The SMILES string of the molecule is CCOc1ccc(C(=O)[C@@H](C)Oc2ccc(C#N)cc2OC)cc1. The number of hydrogen-bond donors (Lipinski definition) is 0. The summed E-state index contributed by atoms with van der Waals surface area (Å²) in [5.74, 6) is 1.41. The molecule has 0 aliphatic heterocycles. The second-order valence-electron chi connectivity index (χ2n) is 5.06. The summed E-state index contributed by atoms with van der Waals surface area (Å²) < 4.78 is 16.3. The van der Waals surface area contributed by atoms with Crippen molar-refractivity contribution in [3.63, 3.8) is 0 Å². The van der Waals surface area contributed by atoms with Gasteiger partial charge >= 0.3 is 0 Å². The van der Waals surface area contributed by atoms with Crippen LogP contribution < -0.4 is 14.2 Å². The molecular weight excluding hydrogens is 306 g/mol. The van der Waals surface area contributed by atoms with Gasteiger partial charge in [-0.1, -0.05) is 0 Å². The van der Waals surface area contributed by atoms with E-state index in [2.05, 4.69) is 0 Å². The number of methoxy groups -OCH3 is 1. The number of ether oxygens (including phenoxy) is 3. The second kappa shape index (κ2) is 8.02. The molecule has 0 radical (unpaired) electrons. The minimum absolute atomic E-state index is 0.149. The van der Waals surface area contributed by atoms with Crippen LogP contribution in [0.5, 0.6) is 17.2 Å². The Kier molecular flexibility index (Phi) is 5.80. The highest BCUT2D eigenvalue weighted by Crippen LogP contribution is 2.29. The first-order valence-electron chi connectivity index (χ1n) is 7.61. The smallest absolute Gasteiger partial charge is 0.203 e. The topological polar surface area (TPSA) is 68.5 Å². The average molecular weight is 325 g/mol. The van der Waals surface area contributed by atoms with Crippen LogP contribution in [0.2, 0.25) is 0 Å². The normalized spacial score (nSPS) is 11.2. The zero-order valence-electron chi connectivity index (χ0n) is 13.9. The molecule has 5 nitrogen and oxygen atoms in total. The molecule has 24 heavy (non-hydrogen) atoms. The summed E-state index contributed by atoms with van der Waals surface area (Å²) in [5.41, 5.74) is 1.00. The van der Waals surface area contributed by atoms with E-state index in [1.54, 1.807) is 49.4 Å². The molecule has 0 aliphatic carbocycles. The largest absolute Gasteiger partial charge is 0.494 e. The monoisotopic (exact) mass is 325 g/mol. The van der Waals surface area contributed by atoms with Gasteiger partial charge in [0.2, 0.25) is 5.78 Å². The maximum absolute atomic E-state index is 12.5. The van der Waals surface area contributed by atoms with Crippen LogP contribution in [0.3, 0.4) is 0 Å². The molecule has 0 spiro atoms. The Morgan fingerprint density at radius 3 is 2.46 bits per heavy atom. The minimum Gasteiger partial charge on any atom is -0.494 e. The van der Waals surface area contributed by atoms with E-state index in [-0.39, 0.29) is 5.78 Å². The molecule has 0 aromatic heterocycles. The van der Waals surface area contributed by atoms with Crippen LogP contribution >= 0.6 is 0 Å². The molecule has 5 heteroatoms. The zero-order chi connectivity index (χ0) is 17.5. The third kappa shape index (κ3) is 4.05. The van der Waals surface area contributed by atoms with E-state index in [1.165, 1.54) is 7.11 Å². The number of rotatable bonds is 7. The number of nitriles is 1. The molecule has 0 fully saturated rings. The first-order valence-corrected chi connectivity index (χ1v) is 7.61. The Balaban J connectivity index is 2.13. The predicted molar refractivity (Wildman–Crippen MR) is 89.7 cm³/mol. The van der Waals surface area contributed by atoms with E-state index in [9.17, 15) is 4.79 Å². The Morgan fingerprint density at radius 1 is 1.17 bits per heavy atom. The van der Waals surface area contributed by atoms with Crippen molar-refractivity contribution in [2.45, 2.75) is 20.0 Å². The molecule has 0 unspecified atom stereocenters. The summed E-state index contributed by atoms with van der Waals surface area (Å²) in [6.45, 7) is 4.15. The fourth-order valence-electron chi connectivity index (χ4n) is 2.20. The quantitative estimate of drug-likeness (QED) is 0.727. The van der Waals surface area contributed by atoms with Crippen LogP contribution in [0, 0.1) is 11.3 Å². The van der Waals surface area contributed by atoms with E-state index in [1.807, 2.05) is 13.0 Å². The highest BCUT2D eigenvalue weighted by atomic mass is 16.5. The number of hydrogen-bond acceptors (Lipinski definition) is 5. The molecule has 2 aromatic rings. The van der Waals surface area contributed by atoms with Gasteiger partial charge in [0.1, 0.15) is 5.75 Å². The highest BCUT2D eigenvalue weighted by Gasteiger charge is 2.19. The lowest BCUT2D eigenvalue weighted by molar-refractivity contribution is 0.0814. The van der Waals surface area contributed by atoms with Gasteiger partial charge in [-0.15, -0.1) is 0 Å². The Labute approximate surface area is 141 Å². The third-order valence-electron chi connectivity index (χ3n) is 3.42. The van der Waals surface area contributed by atoms with Gasteiger partial charge in [0, 0.05) is 11.6 Å². The molecular formula is C19H19NO4. The summed E-state index contributed by atoms with van der Waals surface area (Å²) >= 11 is 0. The lowest BCUT2D eigenvalue weighted by atomic mass is 10.1. The standard InChI is InChI=1S/C19H19NO4/c1-4-23-16-8-6-15(7-9-16)19(21)13(2)24-17-10-5-14(12-20)11-18(17)22-3/h5-11,13H,4H2,1-3H3/t13-/m1/s1. The van der Waals surface area contributed by atoms with Crippen LogP contribution in [-0.4, -0.2) is 25.6 Å². The number of benzene rings is 2. The Morgan fingerprint density at radius 2 is 1.88 bits per heavy atom. The van der Waals surface area contributed by atoms with E-state index in [0.717, 1.165) is 5.75 Å². The number of ketones is 1. The lowest BCUT2D eigenvalue weighted by Crippen LogP contribution is -2.24. The van der Waals surface area contributed by atoms with Gasteiger partial charge in [-0.05, 0) is 50.2 Å². The van der Waals surface area contributed by atoms with E-state index in [4.69, 9.17) is 19.5 Å². The van der Waals surface area contributed by atoms with Crippen LogP contribution in [0.4, 0.5) is 0 Å². The maximum atomic E-state index is 12.5. The van der Waals surface area contributed by atoms with Crippen molar-refractivity contribution >= 4 is 5.78 Å². The molecule has 2 rings (SSSR count). The summed E-state index contributed by atoms with van der Waals surface area (Å²) in [5, 5.41) is 8.92. The molecule has 2 aromatic carbocycles. The van der Waals surface area contributed by atoms with E-state index < -0.39 is 6.10 Å². The molecule has 0 heterocycles. The van der Waals surface area contributed by atoms with Gasteiger partial charge in [0.05, 0.1) is 25.3 Å². The van der Waals surface area contributed by atoms with Crippen molar-refractivity contribution in [1.29, 1.82) is 5.26 Å². The van der Waals surface area contributed by atoms with Crippen molar-refractivity contribution < 1.29 is 19.0 Å². The lowest BCUT2D eigenvalue weighted by Gasteiger charge is -2.16. The third-order valence-corrected chi connectivity index (χ3v) is 3.42. The Hall–Kier alpha value is -3.00. The van der Waals surface area contributed by atoms with E-state index >= 15 is 0 Å². The number of carbonyl (C=O) groups is 1. The summed E-state index contributed by atoms with van der Waals surface area (Å²) in [4.78, 5) is 12.5. The van der Waals surface area contributed by atoms with Gasteiger partial charge < -0.3 is 14.2 Å². The predicted octanol–water partition coefficient (Wildman–Crippen LogP) is 3.62. The summed E-state index contributed by atoms with van der Waals surface area (Å²) in [7, 11) is 1.49. The fraction of sp³-hybridized carbons (Fsp3) is 0.263. The maximum Gasteiger partial charge on any atom is 0.203 e. The van der Waals surface area contributed by atoms with Gasteiger partial charge in [-0.25, -0.2) is 0 Å². The van der Waals surface area contributed by atoms with Crippen molar-refractivity contribution in [2.75, 3.05) is 13.7 Å². The molecule has 0 bridgehead atoms. The van der Waals surface area contributed by atoms with Crippen LogP contribution in [0.1, 0.15) is 29.8 Å². The molecule has 1 atom stereocenters. The molecule has 124 valence electrons. The van der Waals surface area contributed by atoms with Gasteiger partial charge in [0.25, 0.3) is 0 Å². The van der Waals surface area contributed by atoms with Crippen molar-refractivity contribution in [1.82, 2.24) is 0 Å². The van der Waals surface area contributed by atoms with Gasteiger partial charge in [-0.3, -0.25) is 4.79 Å². The van der Waals surface area contributed by atoms with Crippen molar-refractivity contribution in [3.8, 4) is 23.3 Å². The van der Waals surface area contributed by atoms with Gasteiger partial charge in [0.15, 0.2) is 17.6 Å². The molecule has 0 N–H and O–H groups in total. The average Bonchev–Trinajstić information content (AvgIpc) is 2.62. The first-order chi connectivity index (χ1) is 11.6. The second-order valence-corrected chi connectivity index (χ2v) is 5.06. The molecule has 0 saturated carbocycles. The molecule has 0 amide bonds. The molecule has 0 saturated heterocycles. The van der Waals surface area contributed by atoms with Crippen LogP contribution in [0.15, 0.2) is 42.5 Å². The van der Waals surface area contributed by atoms with Crippen LogP contribution in [-0.2, 0) is 0 Å². The molecule has 0 aliphatic rings. The summed E-state index contributed by atoms with van der Waals surface area (Å²) in [6, 6.07) is 13.8. The minimum atomic E-state index is -0.690. The van der Waals surface area contributed by atoms with Crippen molar-refractivity contribution in [2.24, 2.45) is 0 Å². The van der Waals surface area contributed by atoms with Crippen LogP contribution in [0.25, 0.3) is 0 Å². The zero-order valence-corrected chi connectivity index (χ0v) is 13.9. The van der Waals surface area contributed by atoms with Gasteiger partial charge in [-0.2, -0.15) is 5.26 Å². The highest BCUT2D eigenvalue weighted by molar-refractivity contribution is 5.99. The first kappa shape index (κ1) is 17.4.